The summed E-state index contributed by atoms with van der Waals surface area (Å²) in [6.45, 7) is 4.77. The zero-order valence-corrected chi connectivity index (χ0v) is 23.4. The van der Waals surface area contributed by atoms with Crippen LogP contribution in [-0.4, -0.2) is 35.2 Å². The van der Waals surface area contributed by atoms with Gasteiger partial charge in [-0.2, -0.15) is 0 Å². The van der Waals surface area contributed by atoms with Gasteiger partial charge in [0.1, 0.15) is 11.8 Å². The van der Waals surface area contributed by atoms with Gasteiger partial charge in [0.05, 0.1) is 18.4 Å². The fourth-order valence-electron chi connectivity index (χ4n) is 5.42. The first-order valence-electron chi connectivity index (χ1n) is 13.7. The first-order chi connectivity index (χ1) is 19.2. The van der Waals surface area contributed by atoms with E-state index < -0.39 is 11.9 Å². The van der Waals surface area contributed by atoms with Gasteiger partial charge in [-0.05, 0) is 86.1 Å². The number of pyridine rings is 1. The van der Waals surface area contributed by atoms with Crippen LogP contribution in [0, 0.1) is 5.92 Å². The molecule has 8 nitrogen and oxygen atoms in total. The molecule has 3 N–H and O–H groups in total. The number of fused-ring (bicyclic) bond motifs is 3. The second-order valence-electron chi connectivity index (χ2n) is 10.8. The number of hydrogen-bond acceptors (Lipinski definition) is 5. The highest BCUT2D eigenvalue weighted by atomic mass is 35.5. The van der Waals surface area contributed by atoms with Gasteiger partial charge in [0.15, 0.2) is 0 Å². The van der Waals surface area contributed by atoms with Crippen LogP contribution in [0.25, 0.3) is 11.1 Å². The van der Waals surface area contributed by atoms with E-state index in [1.807, 2.05) is 25.1 Å². The van der Waals surface area contributed by atoms with Crippen molar-refractivity contribution in [1.82, 2.24) is 4.57 Å². The van der Waals surface area contributed by atoms with Crippen LogP contribution in [-0.2, 0) is 16.0 Å². The standard InChI is InChI=1S/C31H34ClN3O5/c1-18-13-21-6-9-22(32)14-25(21)26-16-29(36)35(17-28(26)40-19(18)2)27(15-24-5-3-4-12-39-24)31(38)34-23-10-7-20(8-11-23)30(33)37/h6-11,14,16-19,24,27H,3-5,12-13,15H2,1-2H3,(H2,33,37)(H,34,38)/t18-,19-,24+,27+/m1/s1. The molecule has 1 fully saturated rings. The lowest BCUT2D eigenvalue weighted by molar-refractivity contribution is -0.121. The summed E-state index contributed by atoms with van der Waals surface area (Å²) in [4.78, 5) is 38.9. The van der Waals surface area contributed by atoms with Crippen molar-refractivity contribution in [3.05, 3.63) is 81.2 Å². The van der Waals surface area contributed by atoms with E-state index in [0.717, 1.165) is 36.8 Å². The highest BCUT2D eigenvalue weighted by Crippen LogP contribution is 2.38. The average Bonchev–Trinajstić information content (AvgIpc) is 2.93. The van der Waals surface area contributed by atoms with Gasteiger partial charge < -0.3 is 20.5 Å². The lowest BCUT2D eigenvalue weighted by Gasteiger charge is -2.30. The Morgan fingerprint density at radius 2 is 1.88 bits per heavy atom. The van der Waals surface area contributed by atoms with Crippen molar-refractivity contribution in [3.63, 3.8) is 0 Å². The van der Waals surface area contributed by atoms with Crippen molar-refractivity contribution in [1.29, 1.82) is 0 Å². The third-order valence-corrected chi connectivity index (χ3v) is 8.13. The quantitative estimate of drug-likeness (QED) is 0.419. The highest BCUT2D eigenvalue weighted by molar-refractivity contribution is 6.30. The molecule has 0 spiro atoms. The second-order valence-corrected chi connectivity index (χ2v) is 11.2. The molecule has 40 heavy (non-hydrogen) atoms. The predicted octanol–water partition coefficient (Wildman–Crippen LogP) is 5.37. The minimum atomic E-state index is -0.850. The maximum Gasteiger partial charge on any atom is 0.252 e. The number of nitrogens with zero attached hydrogens (tertiary/aromatic N) is 1. The predicted molar refractivity (Wildman–Crippen MR) is 155 cm³/mol. The number of amides is 2. The van der Waals surface area contributed by atoms with Crippen molar-refractivity contribution >= 4 is 29.1 Å². The fraction of sp³-hybridized carbons (Fsp3) is 0.387. The van der Waals surface area contributed by atoms with Gasteiger partial charge >= 0.3 is 0 Å². The number of carbonyl (C=O) groups excluding carboxylic acids is 2. The number of rotatable bonds is 6. The van der Waals surface area contributed by atoms with Crippen LogP contribution < -0.4 is 21.3 Å². The number of benzene rings is 2. The Hall–Kier alpha value is -3.62. The van der Waals surface area contributed by atoms with Gasteiger partial charge in [-0.25, -0.2) is 0 Å². The van der Waals surface area contributed by atoms with Crippen LogP contribution >= 0.6 is 11.6 Å². The normalized spacial score (nSPS) is 21.1. The summed E-state index contributed by atoms with van der Waals surface area (Å²) < 4.78 is 13.8. The molecule has 2 aliphatic rings. The first-order valence-corrected chi connectivity index (χ1v) is 14.1. The number of aromatic nitrogens is 1. The summed E-state index contributed by atoms with van der Waals surface area (Å²) in [5, 5.41) is 3.47. The number of primary amides is 1. The monoisotopic (exact) mass is 563 g/mol. The van der Waals surface area contributed by atoms with Crippen LogP contribution in [0.1, 0.15) is 61.5 Å². The molecule has 0 radical (unpaired) electrons. The van der Waals surface area contributed by atoms with E-state index >= 15 is 0 Å². The maximum atomic E-state index is 13.7. The Balaban J connectivity index is 1.55. The van der Waals surface area contributed by atoms with Crippen LogP contribution in [0.3, 0.4) is 0 Å². The summed E-state index contributed by atoms with van der Waals surface area (Å²) >= 11 is 6.36. The summed E-state index contributed by atoms with van der Waals surface area (Å²) in [7, 11) is 0. The second kappa shape index (κ2) is 11.9. The highest BCUT2D eigenvalue weighted by Gasteiger charge is 2.30. The third-order valence-electron chi connectivity index (χ3n) is 7.90. The Morgan fingerprint density at radius 1 is 1.10 bits per heavy atom. The summed E-state index contributed by atoms with van der Waals surface area (Å²) in [6.07, 6.45) is 5.29. The molecule has 0 saturated carbocycles. The molecular weight excluding hydrogens is 530 g/mol. The van der Waals surface area contributed by atoms with Crippen LogP contribution in [0.2, 0.25) is 5.02 Å². The average molecular weight is 564 g/mol. The molecule has 210 valence electrons. The smallest absolute Gasteiger partial charge is 0.252 e. The largest absolute Gasteiger partial charge is 0.488 e. The summed E-state index contributed by atoms with van der Waals surface area (Å²) in [5.74, 6) is -0.176. The van der Waals surface area contributed by atoms with Crippen molar-refractivity contribution in [3.8, 4) is 16.9 Å². The number of ether oxygens (including phenoxy) is 2. The van der Waals surface area contributed by atoms with Crippen molar-refractivity contribution in [2.45, 2.75) is 64.2 Å². The maximum absolute atomic E-state index is 13.7. The first kappa shape index (κ1) is 27.9. The van der Waals surface area contributed by atoms with E-state index in [9.17, 15) is 14.4 Å². The minimum Gasteiger partial charge on any atom is -0.488 e. The number of nitrogens with two attached hydrogens (primary N) is 1. The fourth-order valence-corrected chi connectivity index (χ4v) is 5.59. The molecule has 1 saturated heterocycles. The Kier molecular flexibility index (Phi) is 8.28. The Bertz CT molecular complexity index is 1460. The van der Waals surface area contributed by atoms with Crippen LogP contribution in [0.5, 0.6) is 5.75 Å². The molecular formula is C31H34ClN3O5. The third kappa shape index (κ3) is 6.08. The molecule has 3 aromatic rings. The molecule has 2 aliphatic heterocycles. The number of nitrogens with one attached hydrogen (secondary N) is 1. The Labute approximate surface area is 238 Å². The molecule has 5 rings (SSSR count). The SMILES string of the molecule is C[C@@H]1Cc2ccc(Cl)cc2-c2cc(=O)n([C@@H](C[C@@H]3CCCCO3)C(=O)Nc3ccc(C(N)=O)cc3)cc2O[C@@H]1C. The van der Waals surface area contributed by atoms with Gasteiger partial charge in [-0.3, -0.25) is 19.0 Å². The van der Waals surface area contributed by atoms with Crippen molar-refractivity contribution in [2.75, 3.05) is 11.9 Å². The number of halogens is 1. The van der Waals surface area contributed by atoms with E-state index in [1.165, 1.54) is 10.6 Å². The lowest BCUT2D eigenvalue weighted by Crippen LogP contribution is -2.37. The van der Waals surface area contributed by atoms with Crippen molar-refractivity contribution in [2.24, 2.45) is 11.7 Å². The van der Waals surface area contributed by atoms with Gasteiger partial charge in [0, 0.05) is 40.9 Å². The molecule has 4 atom stereocenters. The molecule has 2 amide bonds. The zero-order chi connectivity index (χ0) is 28.4. The van der Waals surface area contributed by atoms with Crippen LogP contribution in [0.4, 0.5) is 5.69 Å². The molecule has 0 aliphatic carbocycles. The molecule has 3 heterocycles. The van der Waals surface area contributed by atoms with E-state index in [1.54, 1.807) is 30.5 Å². The van der Waals surface area contributed by atoms with Gasteiger partial charge in [0.2, 0.25) is 11.8 Å². The minimum absolute atomic E-state index is 0.119. The zero-order valence-electron chi connectivity index (χ0n) is 22.7. The molecule has 2 aromatic carbocycles. The van der Waals surface area contributed by atoms with Gasteiger partial charge in [0.25, 0.3) is 5.56 Å². The summed E-state index contributed by atoms with van der Waals surface area (Å²) in [5.41, 5.74) is 8.46. The molecule has 0 bridgehead atoms. The number of carbonyl (C=O) groups is 2. The molecule has 0 unspecified atom stereocenters. The molecule has 1 aromatic heterocycles. The van der Waals surface area contributed by atoms with Gasteiger partial charge in [-0.1, -0.05) is 24.6 Å². The van der Waals surface area contributed by atoms with E-state index in [-0.39, 0.29) is 29.6 Å². The lowest BCUT2D eigenvalue weighted by atomic mass is 9.89. The van der Waals surface area contributed by atoms with Crippen molar-refractivity contribution < 1.29 is 19.1 Å². The topological polar surface area (TPSA) is 113 Å². The van der Waals surface area contributed by atoms with Gasteiger partial charge in [-0.15, -0.1) is 0 Å². The van der Waals surface area contributed by atoms with Crippen LogP contribution in [0.15, 0.2) is 59.5 Å². The number of anilines is 1. The van der Waals surface area contributed by atoms with E-state index in [4.69, 9.17) is 26.8 Å². The molecule has 9 heteroatoms. The van der Waals surface area contributed by atoms with E-state index in [0.29, 0.717) is 40.6 Å². The number of hydrogen-bond donors (Lipinski definition) is 2. The van der Waals surface area contributed by atoms with E-state index in [2.05, 4.69) is 12.2 Å². The Morgan fingerprint density at radius 3 is 2.58 bits per heavy atom. The summed E-state index contributed by atoms with van der Waals surface area (Å²) in [6, 6.07) is 12.7.